The molecule has 31 heavy (non-hydrogen) atoms. The van der Waals surface area contributed by atoms with Gasteiger partial charge < -0.3 is 9.47 Å². The maximum Gasteiger partial charge on any atom is 0.269 e. The molecule has 0 bridgehead atoms. The van der Waals surface area contributed by atoms with Crippen LogP contribution < -0.4 is 19.3 Å². The fourth-order valence-electron chi connectivity index (χ4n) is 5.35. The Labute approximate surface area is 184 Å². The van der Waals surface area contributed by atoms with Crippen LogP contribution in [0.4, 0.5) is 11.4 Å². The van der Waals surface area contributed by atoms with E-state index >= 15 is 0 Å². The van der Waals surface area contributed by atoms with E-state index in [1.807, 2.05) is 31.7 Å². The second-order valence-corrected chi connectivity index (χ2v) is 10.2. The predicted molar refractivity (Wildman–Crippen MR) is 121 cm³/mol. The summed E-state index contributed by atoms with van der Waals surface area (Å²) in [6.45, 7) is 8.38. The average Bonchev–Trinajstić information content (AvgIpc) is 3.37. The first-order valence-corrected chi connectivity index (χ1v) is 11.3. The van der Waals surface area contributed by atoms with Crippen molar-refractivity contribution in [1.29, 1.82) is 0 Å². The van der Waals surface area contributed by atoms with Crippen molar-refractivity contribution < 1.29 is 19.1 Å². The van der Waals surface area contributed by atoms with E-state index in [0.717, 1.165) is 28.0 Å². The monoisotopic (exact) mass is 434 g/mol. The number of anilines is 2. The minimum atomic E-state index is -1.13. The minimum Gasteiger partial charge on any atom is -0.454 e. The van der Waals surface area contributed by atoms with Gasteiger partial charge in [-0.15, -0.1) is 11.8 Å². The Kier molecular flexibility index (Phi) is 3.55. The number of rotatable bonds is 1. The Morgan fingerprint density at radius 2 is 1.77 bits per heavy atom. The zero-order chi connectivity index (χ0) is 21.7. The zero-order valence-electron chi connectivity index (χ0n) is 17.8. The number of hydrogen-bond acceptors (Lipinski definition) is 5. The lowest BCUT2D eigenvalue weighted by Gasteiger charge is -2.40. The number of ether oxygens (including phenoxy) is 2. The molecule has 0 aromatic heterocycles. The number of benzene rings is 2. The molecule has 0 N–H and O–H groups in total. The summed E-state index contributed by atoms with van der Waals surface area (Å²) in [5.41, 5.74) is 5.25. The number of aryl methyl sites for hydroxylation is 1. The van der Waals surface area contributed by atoms with Gasteiger partial charge in [0, 0.05) is 22.9 Å². The van der Waals surface area contributed by atoms with E-state index in [-0.39, 0.29) is 24.4 Å². The molecule has 4 aliphatic heterocycles. The highest BCUT2D eigenvalue weighted by Gasteiger charge is 2.64. The molecule has 2 aromatic rings. The number of amides is 2. The van der Waals surface area contributed by atoms with E-state index in [1.165, 1.54) is 11.8 Å². The number of allylic oxidation sites excluding steroid dienone is 1. The van der Waals surface area contributed by atoms with Crippen LogP contribution in [-0.4, -0.2) is 29.9 Å². The molecule has 4 heterocycles. The van der Waals surface area contributed by atoms with Gasteiger partial charge in [-0.25, -0.2) is 0 Å². The number of fused-ring (bicyclic) bond motifs is 2. The first kappa shape index (κ1) is 18.8. The van der Waals surface area contributed by atoms with Crippen LogP contribution >= 0.6 is 11.8 Å². The van der Waals surface area contributed by atoms with Gasteiger partial charge in [0.15, 0.2) is 11.5 Å². The molecule has 4 aliphatic rings. The second-order valence-electron chi connectivity index (χ2n) is 9.03. The van der Waals surface area contributed by atoms with Gasteiger partial charge in [0.2, 0.25) is 17.6 Å². The highest BCUT2D eigenvalue weighted by molar-refractivity contribution is 8.02. The third-order valence-electron chi connectivity index (χ3n) is 6.49. The van der Waals surface area contributed by atoms with Crippen LogP contribution in [0.2, 0.25) is 0 Å². The standard InChI is InChI=1S/C24H22N2O4S/c1-13-7-16-14(2)10-23(3,4)26-21(16)17(8-13)24(22(26)28)25(20(27)11-31-24)15-5-6-18-19(9-15)30-12-29-18/h5-10H,11-12H2,1-4H3/t24-/m0/s1. The third kappa shape index (κ3) is 2.24. The van der Waals surface area contributed by atoms with Crippen molar-refractivity contribution in [1.82, 2.24) is 0 Å². The summed E-state index contributed by atoms with van der Waals surface area (Å²) in [4.78, 5) is 29.9. The van der Waals surface area contributed by atoms with E-state index in [1.54, 1.807) is 17.0 Å². The third-order valence-corrected chi connectivity index (χ3v) is 7.88. The Morgan fingerprint density at radius 3 is 2.58 bits per heavy atom. The Bertz CT molecular complexity index is 1230. The molecule has 1 saturated heterocycles. The quantitative estimate of drug-likeness (QED) is 0.673. The van der Waals surface area contributed by atoms with E-state index < -0.39 is 10.4 Å². The van der Waals surface area contributed by atoms with Crippen molar-refractivity contribution in [2.75, 3.05) is 22.3 Å². The molecular formula is C24H22N2O4S. The van der Waals surface area contributed by atoms with Crippen LogP contribution in [0.1, 0.15) is 37.5 Å². The molecule has 2 aromatic carbocycles. The smallest absolute Gasteiger partial charge is 0.269 e. The largest absolute Gasteiger partial charge is 0.454 e. The van der Waals surface area contributed by atoms with E-state index in [4.69, 9.17) is 9.47 Å². The second kappa shape index (κ2) is 5.85. The van der Waals surface area contributed by atoms with Gasteiger partial charge in [0.25, 0.3) is 5.91 Å². The molecule has 0 aliphatic carbocycles. The summed E-state index contributed by atoms with van der Waals surface area (Å²) in [6.07, 6.45) is 2.14. The maximum atomic E-state index is 14.2. The van der Waals surface area contributed by atoms with Gasteiger partial charge in [0.1, 0.15) is 0 Å². The Morgan fingerprint density at radius 1 is 1.00 bits per heavy atom. The maximum absolute atomic E-state index is 14.2. The van der Waals surface area contributed by atoms with Crippen molar-refractivity contribution >= 4 is 40.5 Å². The fraction of sp³-hybridized carbons (Fsp3) is 0.333. The van der Waals surface area contributed by atoms with Crippen molar-refractivity contribution in [2.24, 2.45) is 0 Å². The lowest BCUT2D eigenvalue weighted by atomic mass is 9.88. The number of hydrogen-bond donors (Lipinski definition) is 0. The molecule has 6 rings (SSSR count). The lowest BCUT2D eigenvalue weighted by molar-refractivity contribution is -0.124. The van der Waals surface area contributed by atoms with Crippen LogP contribution in [0, 0.1) is 6.92 Å². The number of carbonyl (C=O) groups is 2. The first-order valence-electron chi connectivity index (χ1n) is 10.3. The molecule has 158 valence electrons. The van der Waals surface area contributed by atoms with Gasteiger partial charge in [-0.1, -0.05) is 12.1 Å². The van der Waals surface area contributed by atoms with Crippen LogP contribution in [-0.2, 0) is 14.5 Å². The number of carbonyl (C=O) groups excluding carboxylic acids is 2. The Hall–Kier alpha value is -2.93. The molecule has 1 atom stereocenters. The Balaban J connectivity index is 1.62. The summed E-state index contributed by atoms with van der Waals surface area (Å²) >= 11 is 1.40. The molecule has 0 unspecified atom stereocenters. The van der Waals surface area contributed by atoms with Crippen molar-refractivity contribution in [3.05, 3.63) is 53.1 Å². The van der Waals surface area contributed by atoms with E-state index in [2.05, 4.69) is 25.1 Å². The summed E-state index contributed by atoms with van der Waals surface area (Å²) in [6, 6.07) is 9.63. The van der Waals surface area contributed by atoms with Gasteiger partial charge in [-0.2, -0.15) is 0 Å². The van der Waals surface area contributed by atoms with Crippen molar-refractivity contribution in [2.45, 2.75) is 38.1 Å². The summed E-state index contributed by atoms with van der Waals surface area (Å²) in [7, 11) is 0. The zero-order valence-corrected chi connectivity index (χ0v) is 18.6. The predicted octanol–water partition coefficient (Wildman–Crippen LogP) is 4.20. The van der Waals surface area contributed by atoms with Gasteiger partial charge in [0.05, 0.1) is 17.0 Å². The highest BCUT2D eigenvalue weighted by Crippen LogP contribution is 2.60. The molecule has 0 saturated carbocycles. The molecule has 1 spiro atoms. The van der Waals surface area contributed by atoms with Crippen LogP contribution in [0.5, 0.6) is 11.5 Å². The molecular weight excluding hydrogens is 412 g/mol. The lowest BCUT2D eigenvalue weighted by Crippen LogP contribution is -2.54. The topological polar surface area (TPSA) is 59.1 Å². The van der Waals surface area contributed by atoms with Gasteiger partial charge in [-0.05, 0) is 57.0 Å². The normalized spacial score (nSPS) is 24.8. The minimum absolute atomic E-state index is 0.0726. The van der Waals surface area contributed by atoms with Gasteiger partial charge >= 0.3 is 0 Å². The number of nitrogens with zero attached hydrogens (tertiary/aromatic N) is 2. The summed E-state index contributed by atoms with van der Waals surface area (Å²) in [5, 5.41) is 0. The van der Waals surface area contributed by atoms with Gasteiger partial charge in [-0.3, -0.25) is 19.4 Å². The average molecular weight is 435 g/mol. The molecule has 6 nitrogen and oxygen atoms in total. The van der Waals surface area contributed by atoms with Crippen LogP contribution in [0.3, 0.4) is 0 Å². The van der Waals surface area contributed by atoms with Crippen LogP contribution in [0.15, 0.2) is 36.4 Å². The highest BCUT2D eigenvalue weighted by atomic mass is 32.2. The molecule has 2 amide bonds. The fourth-order valence-corrected chi connectivity index (χ4v) is 6.67. The van der Waals surface area contributed by atoms with Crippen molar-refractivity contribution in [3.8, 4) is 11.5 Å². The molecule has 7 heteroatoms. The molecule has 1 fully saturated rings. The van der Waals surface area contributed by atoms with Crippen molar-refractivity contribution in [3.63, 3.8) is 0 Å². The SMILES string of the molecule is CC1=CC(C)(C)N2C(=O)[C@@]3(SCC(=O)N3c3ccc4c(c3)OCO4)c3cc(C)cc1c32. The molecule has 0 radical (unpaired) electrons. The first-order chi connectivity index (χ1) is 14.7. The number of thioether (sulfide) groups is 1. The summed E-state index contributed by atoms with van der Waals surface area (Å²) in [5.74, 6) is 1.32. The summed E-state index contributed by atoms with van der Waals surface area (Å²) < 4.78 is 11.0. The van der Waals surface area contributed by atoms with E-state index in [0.29, 0.717) is 17.2 Å². The van der Waals surface area contributed by atoms with E-state index in [9.17, 15) is 9.59 Å². The van der Waals surface area contributed by atoms with Crippen LogP contribution in [0.25, 0.3) is 5.57 Å².